The van der Waals surface area contributed by atoms with Crippen molar-refractivity contribution in [1.29, 1.82) is 0 Å². The average Bonchev–Trinajstić information content (AvgIpc) is 2.69. The van der Waals surface area contributed by atoms with Gasteiger partial charge in [-0.05, 0) is 36.4 Å². The molecule has 0 aliphatic carbocycles. The molecular weight excluding hydrogens is 345 g/mol. The highest BCUT2D eigenvalue weighted by Gasteiger charge is 2.30. The van der Waals surface area contributed by atoms with Crippen LogP contribution in [0.3, 0.4) is 0 Å². The fourth-order valence-corrected chi connectivity index (χ4v) is 3.85. The Kier molecular flexibility index (Phi) is 3.52. The van der Waals surface area contributed by atoms with Gasteiger partial charge in [-0.2, -0.15) is 4.57 Å². The van der Waals surface area contributed by atoms with Gasteiger partial charge in [0.25, 0.3) is 0 Å². The van der Waals surface area contributed by atoms with Gasteiger partial charge in [-0.15, -0.1) is 6.61 Å². The first-order valence-electron chi connectivity index (χ1n) is 8.74. The van der Waals surface area contributed by atoms with Crippen LogP contribution in [0.1, 0.15) is 0 Å². The zero-order chi connectivity index (χ0) is 18.5. The highest BCUT2D eigenvalue weighted by atomic mass is 19.1. The quantitative estimate of drug-likeness (QED) is 0.365. The molecule has 0 radical (unpaired) electrons. The number of hydrogen-bond acceptors (Lipinski definition) is 3. The molecule has 1 aliphatic heterocycles. The lowest BCUT2D eigenvalue weighted by Gasteiger charge is -2.20. The molecule has 0 atom stereocenters. The maximum atomic E-state index is 14.0. The monoisotopic (exact) mass is 361 g/mol. The van der Waals surface area contributed by atoms with Gasteiger partial charge in [0.1, 0.15) is 30.1 Å². The van der Waals surface area contributed by atoms with E-state index >= 15 is 0 Å². The third-order valence-corrected chi connectivity index (χ3v) is 4.99. The molecule has 0 amide bonds. The minimum atomic E-state index is -0.308. The molecule has 5 rings (SSSR count). The van der Waals surface area contributed by atoms with Crippen LogP contribution >= 0.6 is 0 Å². The van der Waals surface area contributed by atoms with E-state index in [1.807, 2.05) is 48.0 Å². The third-order valence-electron chi connectivity index (χ3n) is 4.99. The molecule has 2 heterocycles. The Morgan fingerprint density at radius 3 is 2.78 bits per heavy atom. The number of rotatable bonds is 3. The van der Waals surface area contributed by atoms with E-state index in [4.69, 9.17) is 9.47 Å². The van der Waals surface area contributed by atoms with Crippen LogP contribution < -0.4 is 19.1 Å². The van der Waals surface area contributed by atoms with Crippen LogP contribution in [0.2, 0.25) is 0 Å². The molecule has 0 N–H and O–H groups in total. The van der Waals surface area contributed by atoms with Crippen molar-refractivity contribution in [3.8, 4) is 28.5 Å². The molecule has 4 nitrogen and oxygen atoms in total. The van der Waals surface area contributed by atoms with Crippen molar-refractivity contribution in [2.24, 2.45) is 7.05 Å². The minimum absolute atomic E-state index is 0.127. The van der Waals surface area contributed by atoms with Gasteiger partial charge in [0.15, 0.2) is 0 Å². The number of ether oxygens (including phenoxy) is 2. The van der Waals surface area contributed by atoms with Crippen LogP contribution in [0.4, 0.5) is 4.39 Å². The second kappa shape index (κ2) is 5.93. The van der Waals surface area contributed by atoms with Crippen molar-refractivity contribution in [3.05, 3.63) is 60.4 Å². The van der Waals surface area contributed by atoms with Crippen LogP contribution in [0.15, 0.2) is 54.6 Å². The van der Waals surface area contributed by atoms with Crippen molar-refractivity contribution in [1.82, 2.24) is 0 Å². The zero-order valence-corrected chi connectivity index (χ0v) is 14.7. The predicted octanol–water partition coefficient (Wildman–Crippen LogP) is 3.47. The highest BCUT2D eigenvalue weighted by molar-refractivity contribution is 6.12. The second-order valence-corrected chi connectivity index (χ2v) is 6.56. The molecule has 5 heteroatoms. The fourth-order valence-electron chi connectivity index (χ4n) is 3.85. The molecule has 0 unspecified atom stereocenters. The van der Waals surface area contributed by atoms with Crippen LogP contribution in [-0.4, -0.2) is 13.2 Å². The van der Waals surface area contributed by atoms with E-state index in [0.717, 1.165) is 33.1 Å². The highest BCUT2D eigenvalue weighted by Crippen LogP contribution is 2.46. The first kappa shape index (κ1) is 16.0. The summed E-state index contributed by atoms with van der Waals surface area (Å²) in [6.07, 6.45) is 0. The Labute approximate surface area is 155 Å². The summed E-state index contributed by atoms with van der Waals surface area (Å²) < 4.78 is 27.6. The van der Waals surface area contributed by atoms with Crippen LogP contribution in [0, 0.1) is 5.82 Å². The minimum Gasteiger partial charge on any atom is -0.852 e. The lowest BCUT2D eigenvalue weighted by molar-refractivity contribution is -0.632. The summed E-state index contributed by atoms with van der Waals surface area (Å²) >= 11 is 0. The molecular formula is C22H16FNO3. The number of nitrogens with zero attached hydrogens (tertiary/aromatic N) is 1. The molecule has 4 aromatic rings. The van der Waals surface area contributed by atoms with Crippen molar-refractivity contribution in [2.45, 2.75) is 0 Å². The molecule has 134 valence electrons. The van der Waals surface area contributed by atoms with Crippen LogP contribution in [0.5, 0.6) is 17.2 Å². The molecule has 3 aromatic carbocycles. The number of pyridine rings is 1. The number of aromatic nitrogens is 1. The smallest absolute Gasteiger partial charge is 0.228 e. The van der Waals surface area contributed by atoms with Crippen LogP contribution in [-0.2, 0) is 7.05 Å². The second-order valence-electron chi connectivity index (χ2n) is 6.56. The Morgan fingerprint density at radius 1 is 1.04 bits per heavy atom. The van der Waals surface area contributed by atoms with Crippen molar-refractivity contribution < 1.29 is 23.5 Å². The van der Waals surface area contributed by atoms with E-state index in [-0.39, 0.29) is 19.0 Å². The van der Waals surface area contributed by atoms with Crippen molar-refractivity contribution >= 4 is 21.7 Å². The largest absolute Gasteiger partial charge is 0.852 e. The third kappa shape index (κ3) is 2.35. The number of aryl methyl sites for hydroxylation is 1. The fraction of sp³-hybridized carbons (Fsp3) is 0.136. The predicted molar refractivity (Wildman–Crippen MR) is 98.5 cm³/mol. The Bertz CT molecular complexity index is 1220. The van der Waals surface area contributed by atoms with Gasteiger partial charge in [-0.1, -0.05) is 12.1 Å². The summed E-state index contributed by atoms with van der Waals surface area (Å²) in [5.74, 6) is 1.72. The molecule has 0 spiro atoms. The SMILES string of the molecule is C[n+]1c2c3c(cccc3c3ccc(OCC[O-])cc31)Oc1ccc(F)cc1-2. The Hall–Kier alpha value is -3.18. The lowest BCUT2D eigenvalue weighted by atomic mass is 9.96. The Morgan fingerprint density at radius 2 is 1.93 bits per heavy atom. The molecule has 1 aromatic heterocycles. The van der Waals surface area contributed by atoms with E-state index in [0.29, 0.717) is 17.1 Å². The van der Waals surface area contributed by atoms with Crippen molar-refractivity contribution in [2.75, 3.05) is 13.2 Å². The normalized spacial score (nSPS) is 12.1. The summed E-state index contributed by atoms with van der Waals surface area (Å²) in [7, 11) is 1.95. The van der Waals surface area contributed by atoms with Gasteiger partial charge in [-0.25, -0.2) is 4.39 Å². The summed E-state index contributed by atoms with van der Waals surface area (Å²) in [6.45, 7) is -0.165. The van der Waals surface area contributed by atoms with Crippen molar-refractivity contribution in [3.63, 3.8) is 0 Å². The first-order valence-corrected chi connectivity index (χ1v) is 8.74. The number of benzene rings is 3. The molecule has 0 saturated carbocycles. The molecule has 27 heavy (non-hydrogen) atoms. The summed E-state index contributed by atoms with van der Waals surface area (Å²) in [5, 5.41) is 13.8. The first-order chi connectivity index (χ1) is 13.2. The van der Waals surface area contributed by atoms with E-state index in [9.17, 15) is 9.50 Å². The lowest BCUT2D eigenvalue weighted by Crippen LogP contribution is -2.33. The van der Waals surface area contributed by atoms with E-state index in [1.54, 1.807) is 6.07 Å². The summed E-state index contributed by atoms with van der Waals surface area (Å²) in [6, 6.07) is 16.3. The molecule has 0 fully saturated rings. The van der Waals surface area contributed by atoms with Gasteiger partial charge in [0, 0.05) is 5.39 Å². The van der Waals surface area contributed by atoms with E-state index < -0.39 is 0 Å². The standard InChI is InChI=1S/C22H16FNO3/c1-24-18-12-14(26-10-9-25)6-7-15(18)16-3-2-4-20-21(16)22(24)17-11-13(23)5-8-19(17)27-20/h2-8,11-12H,9-10H2,1H3. The van der Waals surface area contributed by atoms with E-state index in [2.05, 4.69) is 0 Å². The van der Waals surface area contributed by atoms with Gasteiger partial charge in [0.05, 0.1) is 29.0 Å². The zero-order valence-electron chi connectivity index (χ0n) is 14.7. The topological polar surface area (TPSA) is 45.4 Å². The molecule has 0 bridgehead atoms. The van der Waals surface area contributed by atoms with Gasteiger partial charge in [0.2, 0.25) is 11.2 Å². The number of hydrogen-bond donors (Lipinski definition) is 0. The average molecular weight is 361 g/mol. The maximum absolute atomic E-state index is 14.0. The number of fused-ring (bicyclic) bond motifs is 4. The molecule has 0 saturated heterocycles. The summed E-state index contributed by atoms with van der Waals surface area (Å²) in [4.78, 5) is 0. The Balaban J connectivity index is 1.90. The van der Waals surface area contributed by atoms with Gasteiger partial charge >= 0.3 is 0 Å². The summed E-state index contributed by atoms with van der Waals surface area (Å²) in [5.41, 5.74) is 2.55. The number of halogens is 1. The maximum Gasteiger partial charge on any atom is 0.228 e. The van der Waals surface area contributed by atoms with Crippen LogP contribution in [0.25, 0.3) is 32.9 Å². The van der Waals surface area contributed by atoms with Gasteiger partial charge in [-0.3, -0.25) is 0 Å². The molecule has 1 aliphatic rings. The van der Waals surface area contributed by atoms with E-state index in [1.165, 1.54) is 12.1 Å². The van der Waals surface area contributed by atoms with Gasteiger partial charge < -0.3 is 14.6 Å².